The lowest BCUT2D eigenvalue weighted by Crippen LogP contribution is -2.14. The van der Waals surface area contributed by atoms with Crippen molar-refractivity contribution in [2.24, 2.45) is 0 Å². The first kappa shape index (κ1) is 18.9. The number of aromatic nitrogens is 5. The van der Waals surface area contributed by atoms with Gasteiger partial charge < -0.3 is 0 Å². The van der Waals surface area contributed by atoms with Gasteiger partial charge in [-0.2, -0.15) is 0 Å². The number of thioether (sulfide) groups is 2. The lowest BCUT2D eigenvalue weighted by atomic mass is 10.3. The molecule has 3 aromatic rings. The fraction of sp³-hybridized carbons (Fsp3) is 0.312. The number of rotatable bonds is 8. The fourth-order valence-electron chi connectivity index (χ4n) is 2.19. The number of hydrogen-bond acceptors (Lipinski definition) is 8. The summed E-state index contributed by atoms with van der Waals surface area (Å²) in [4.78, 5) is 12.2. The lowest BCUT2D eigenvalue weighted by molar-refractivity contribution is -0.113. The molecular formula is C16H18N6OS3. The Morgan fingerprint density at radius 2 is 1.92 bits per heavy atom. The molecule has 10 heteroatoms. The maximum Gasteiger partial charge on any atom is 0.236 e. The van der Waals surface area contributed by atoms with Crippen LogP contribution in [0.25, 0.3) is 5.69 Å². The molecule has 0 aliphatic carbocycles. The van der Waals surface area contributed by atoms with Gasteiger partial charge in [0.05, 0.1) is 5.75 Å². The second-order valence-corrected chi connectivity index (χ2v) is 8.50. The molecule has 0 aliphatic heterocycles. The minimum absolute atomic E-state index is 0.139. The molecule has 0 saturated heterocycles. The Balaban J connectivity index is 1.66. The second-order valence-electron chi connectivity index (χ2n) is 5.07. The molecule has 3 rings (SSSR count). The Morgan fingerprint density at radius 3 is 2.65 bits per heavy atom. The number of amides is 1. The number of benzene rings is 1. The lowest BCUT2D eigenvalue weighted by Gasteiger charge is -2.08. The highest BCUT2D eigenvalue weighted by atomic mass is 32.2. The summed E-state index contributed by atoms with van der Waals surface area (Å²) < 4.78 is 2.84. The monoisotopic (exact) mass is 406 g/mol. The van der Waals surface area contributed by atoms with E-state index in [2.05, 4.69) is 32.6 Å². The number of hydrogen-bond donors (Lipinski definition) is 1. The molecule has 1 aromatic carbocycles. The number of aryl methyl sites for hydroxylation is 1. The summed E-state index contributed by atoms with van der Waals surface area (Å²) in [7, 11) is 0. The van der Waals surface area contributed by atoms with Gasteiger partial charge in [-0.05, 0) is 17.9 Å². The van der Waals surface area contributed by atoms with E-state index in [9.17, 15) is 4.79 Å². The Hall–Kier alpha value is -1.91. The predicted molar refractivity (Wildman–Crippen MR) is 106 cm³/mol. The Morgan fingerprint density at radius 1 is 1.12 bits per heavy atom. The average Bonchev–Trinajstić information content (AvgIpc) is 3.27. The van der Waals surface area contributed by atoms with E-state index in [1.165, 1.54) is 23.1 Å². The summed E-state index contributed by atoms with van der Waals surface area (Å²) in [6, 6.07) is 9.91. The van der Waals surface area contributed by atoms with Crippen LogP contribution in [-0.4, -0.2) is 42.4 Å². The van der Waals surface area contributed by atoms with Crippen molar-refractivity contribution < 1.29 is 4.79 Å². The van der Waals surface area contributed by atoms with Crippen molar-refractivity contribution in [3.05, 3.63) is 36.2 Å². The van der Waals surface area contributed by atoms with Crippen LogP contribution >= 0.6 is 34.9 Å². The molecule has 2 heterocycles. The minimum Gasteiger partial charge on any atom is -0.300 e. The number of para-hydroxylation sites is 1. The minimum atomic E-state index is -0.139. The molecule has 1 N–H and O–H groups in total. The van der Waals surface area contributed by atoms with Crippen LogP contribution in [-0.2, 0) is 11.2 Å². The van der Waals surface area contributed by atoms with Gasteiger partial charge in [0.1, 0.15) is 5.82 Å². The molecule has 0 spiro atoms. The van der Waals surface area contributed by atoms with Gasteiger partial charge in [-0.25, -0.2) is 0 Å². The number of anilines is 1. The first-order valence-electron chi connectivity index (χ1n) is 8.10. The van der Waals surface area contributed by atoms with E-state index in [0.717, 1.165) is 28.0 Å². The van der Waals surface area contributed by atoms with Crippen molar-refractivity contribution in [3.63, 3.8) is 0 Å². The Labute approximate surface area is 164 Å². The molecule has 2 aromatic heterocycles. The molecule has 0 fully saturated rings. The third-order valence-electron chi connectivity index (χ3n) is 3.28. The SMILES string of the molecule is CCSc1nnc(NC(=O)CSc2nnc(CC)n2-c2ccccc2)s1. The van der Waals surface area contributed by atoms with Crippen molar-refractivity contribution >= 4 is 45.9 Å². The third-order valence-corrected chi connectivity index (χ3v) is 6.07. The topological polar surface area (TPSA) is 85.6 Å². The third kappa shape index (κ3) is 4.63. The van der Waals surface area contributed by atoms with Crippen LogP contribution in [0.4, 0.5) is 5.13 Å². The normalized spacial score (nSPS) is 10.8. The first-order chi connectivity index (χ1) is 12.7. The second kappa shape index (κ2) is 9.15. The van der Waals surface area contributed by atoms with Gasteiger partial charge in [-0.15, -0.1) is 20.4 Å². The van der Waals surface area contributed by atoms with Gasteiger partial charge in [-0.3, -0.25) is 14.7 Å². The van der Waals surface area contributed by atoms with Crippen LogP contribution in [0.5, 0.6) is 0 Å². The molecule has 0 bridgehead atoms. The van der Waals surface area contributed by atoms with Crippen molar-refractivity contribution in [1.29, 1.82) is 0 Å². The number of nitrogens with zero attached hydrogens (tertiary/aromatic N) is 5. The Kier molecular flexibility index (Phi) is 6.64. The molecule has 0 radical (unpaired) electrons. The van der Waals surface area contributed by atoms with E-state index < -0.39 is 0 Å². The van der Waals surface area contributed by atoms with Gasteiger partial charge in [0.2, 0.25) is 11.0 Å². The number of carbonyl (C=O) groups is 1. The molecule has 0 aliphatic rings. The predicted octanol–water partition coefficient (Wildman–Crippen LogP) is 3.52. The Bertz CT molecular complexity index is 864. The van der Waals surface area contributed by atoms with E-state index in [1.54, 1.807) is 11.8 Å². The first-order valence-corrected chi connectivity index (χ1v) is 10.9. The van der Waals surface area contributed by atoms with Gasteiger partial charge in [0, 0.05) is 12.1 Å². The standard InChI is InChI=1S/C16H18N6OS3/c1-3-12-18-20-15(22(12)11-8-6-5-7-9-11)25-10-13(23)17-14-19-21-16(26-14)24-4-2/h5-9H,3-4,10H2,1-2H3,(H,17,19,23). The molecule has 7 nitrogen and oxygen atoms in total. The number of nitrogens with one attached hydrogen (secondary N) is 1. The van der Waals surface area contributed by atoms with Gasteiger partial charge in [0.15, 0.2) is 9.50 Å². The van der Waals surface area contributed by atoms with Gasteiger partial charge >= 0.3 is 0 Å². The summed E-state index contributed by atoms with van der Waals surface area (Å²) in [5, 5.41) is 20.5. The van der Waals surface area contributed by atoms with E-state index in [1.807, 2.05) is 41.8 Å². The molecule has 1 amide bonds. The van der Waals surface area contributed by atoms with Crippen molar-refractivity contribution in [2.75, 3.05) is 16.8 Å². The van der Waals surface area contributed by atoms with Crippen LogP contribution in [0.1, 0.15) is 19.7 Å². The van der Waals surface area contributed by atoms with Crippen LogP contribution in [0, 0.1) is 0 Å². The highest BCUT2D eigenvalue weighted by Gasteiger charge is 2.15. The van der Waals surface area contributed by atoms with Crippen LogP contribution in [0.15, 0.2) is 39.8 Å². The molecule has 136 valence electrons. The molecule has 0 unspecified atom stereocenters. The summed E-state index contributed by atoms with van der Waals surface area (Å²) >= 11 is 4.34. The van der Waals surface area contributed by atoms with E-state index in [-0.39, 0.29) is 11.7 Å². The smallest absolute Gasteiger partial charge is 0.236 e. The van der Waals surface area contributed by atoms with Crippen LogP contribution in [0.3, 0.4) is 0 Å². The largest absolute Gasteiger partial charge is 0.300 e. The average molecular weight is 407 g/mol. The summed E-state index contributed by atoms with van der Waals surface area (Å²) in [5.41, 5.74) is 0.989. The van der Waals surface area contributed by atoms with Gasteiger partial charge in [-0.1, -0.05) is 66.9 Å². The zero-order valence-electron chi connectivity index (χ0n) is 14.4. The van der Waals surface area contributed by atoms with Gasteiger partial charge in [0.25, 0.3) is 0 Å². The van der Waals surface area contributed by atoms with E-state index >= 15 is 0 Å². The molecule has 0 saturated carbocycles. The maximum atomic E-state index is 12.2. The zero-order chi connectivity index (χ0) is 18.4. The van der Waals surface area contributed by atoms with Crippen molar-refractivity contribution in [2.45, 2.75) is 29.8 Å². The maximum absolute atomic E-state index is 12.2. The van der Waals surface area contributed by atoms with E-state index in [0.29, 0.717) is 10.3 Å². The summed E-state index contributed by atoms with van der Waals surface area (Å²) in [6.45, 7) is 4.08. The zero-order valence-corrected chi connectivity index (χ0v) is 16.8. The number of carbonyl (C=O) groups excluding carboxylic acids is 1. The van der Waals surface area contributed by atoms with Crippen molar-refractivity contribution in [1.82, 2.24) is 25.0 Å². The highest BCUT2D eigenvalue weighted by Crippen LogP contribution is 2.26. The quantitative estimate of drug-likeness (QED) is 0.452. The molecule has 0 atom stereocenters. The van der Waals surface area contributed by atoms with Crippen LogP contribution in [0.2, 0.25) is 0 Å². The molecule has 26 heavy (non-hydrogen) atoms. The van der Waals surface area contributed by atoms with Crippen LogP contribution < -0.4 is 5.32 Å². The summed E-state index contributed by atoms with van der Waals surface area (Å²) in [5.74, 6) is 1.88. The molecular weight excluding hydrogens is 388 g/mol. The van der Waals surface area contributed by atoms with E-state index in [4.69, 9.17) is 0 Å². The fourth-order valence-corrected chi connectivity index (χ4v) is 4.62. The van der Waals surface area contributed by atoms with Crippen molar-refractivity contribution in [3.8, 4) is 5.69 Å². The highest BCUT2D eigenvalue weighted by molar-refractivity contribution is 8.01. The summed E-state index contributed by atoms with van der Waals surface area (Å²) in [6.07, 6.45) is 0.761.